The maximum Gasteiger partial charge on any atom is 0.0123 e. The van der Waals surface area contributed by atoms with Gasteiger partial charge in [-0.05, 0) is 41.4 Å². The van der Waals surface area contributed by atoms with Gasteiger partial charge in [0, 0.05) is 5.33 Å². The molecule has 0 unspecified atom stereocenters. The van der Waals surface area contributed by atoms with Crippen LogP contribution in [0.25, 0.3) is 0 Å². The van der Waals surface area contributed by atoms with Gasteiger partial charge in [-0.15, -0.1) is 0 Å². The SMILES string of the molecule is CC(C)(CBr)c1ccc2c(c1)CCC2. The van der Waals surface area contributed by atoms with Gasteiger partial charge in [0.25, 0.3) is 0 Å². The molecule has 0 saturated heterocycles. The Morgan fingerprint density at radius 2 is 1.93 bits per heavy atom. The second-order valence-corrected chi connectivity index (χ2v) is 5.42. The van der Waals surface area contributed by atoms with Gasteiger partial charge < -0.3 is 0 Å². The lowest BCUT2D eigenvalue weighted by atomic mass is 9.85. The van der Waals surface area contributed by atoms with Crippen molar-refractivity contribution in [3.05, 3.63) is 34.9 Å². The minimum atomic E-state index is 0.262. The van der Waals surface area contributed by atoms with Crippen molar-refractivity contribution in [3.63, 3.8) is 0 Å². The zero-order valence-corrected chi connectivity index (χ0v) is 10.5. The summed E-state index contributed by atoms with van der Waals surface area (Å²) in [7, 11) is 0. The van der Waals surface area contributed by atoms with E-state index >= 15 is 0 Å². The van der Waals surface area contributed by atoms with Crippen LogP contribution < -0.4 is 0 Å². The Morgan fingerprint density at radius 3 is 2.64 bits per heavy atom. The summed E-state index contributed by atoms with van der Waals surface area (Å²) < 4.78 is 0. The minimum absolute atomic E-state index is 0.262. The molecule has 2 rings (SSSR count). The van der Waals surface area contributed by atoms with Crippen molar-refractivity contribution in [1.29, 1.82) is 0 Å². The number of alkyl halides is 1. The molecule has 0 amide bonds. The Kier molecular flexibility index (Phi) is 2.70. The van der Waals surface area contributed by atoms with Crippen LogP contribution in [0.3, 0.4) is 0 Å². The average Bonchev–Trinajstić information content (AvgIpc) is 2.64. The standard InChI is InChI=1S/C13H17Br/c1-13(2,9-14)12-7-6-10-4-3-5-11(10)8-12/h6-8H,3-5,9H2,1-2H3. The normalized spacial score (nSPS) is 15.6. The summed E-state index contributed by atoms with van der Waals surface area (Å²) in [4.78, 5) is 0. The van der Waals surface area contributed by atoms with E-state index in [0.717, 1.165) is 5.33 Å². The molecule has 0 nitrogen and oxygen atoms in total. The summed E-state index contributed by atoms with van der Waals surface area (Å²) in [6, 6.07) is 7.02. The first-order valence-corrected chi connectivity index (χ1v) is 6.44. The molecule has 14 heavy (non-hydrogen) atoms. The van der Waals surface area contributed by atoms with Crippen LogP contribution in [0.15, 0.2) is 18.2 Å². The van der Waals surface area contributed by atoms with Crippen LogP contribution in [-0.4, -0.2) is 5.33 Å². The fourth-order valence-electron chi connectivity index (χ4n) is 2.07. The summed E-state index contributed by atoms with van der Waals surface area (Å²) in [5, 5.41) is 1.03. The van der Waals surface area contributed by atoms with Gasteiger partial charge in [-0.25, -0.2) is 0 Å². The van der Waals surface area contributed by atoms with Gasteiger partial charge in [-0.2, -0.15) is 0 Å². The number of halogens is 1. The lowest BCUT2D eigenvalue weighted by molar-refractivity contribution is 0.606. The van der Waals surface area contributed by atoms with E-state index < -0.39 is 0 Å². The van der Waals surface area contributed by atoms with Crippen molar-refractivity contribution < 1.29 is 0 Å². The first-order chi connectivity index (χ1) is 6.63. The summed E-state index contributed by atoms with van der Waals surface area (Å²) >= 11 is 3.59. The maximum atomic E-state index is 3.59. The predicted octanol–water partition coefficient (Wildman–Crippen LogP) is 3.85. The number of fused-ring (bicyclic) bond motifs is 1. The summed E-state index contributed by atoms with van der Waals surface area (Å²) in [5.74, 6) is 0. The van der Waals surface area contributed by atoms with E-state index in [1.54, 1.807) is 11.1 Å². The minimum Gasteiger partial charge on any atom is -0.0919 e. The van der Waals surface area contributed by atoms with Gasteiger partial charge in [0.05, 0.1) is 0 Å². The Bertz CT molecular complexity index is 339. The third kappa shape index (κ3) is 1.75. The Morgan fingerprint density at radius 1 is 1.21 bits per heavy atom. The molecule has 0 aromatic heterocycles. The third-order valence-corrected chi connectivity index (χ3v) is 4.62. The highest BCUT2D eigenvalue weighted by Gasteiger charge is 2.21. The zero-order valence-electron chi connectivity index (χ0n) is 8.94. The van der Waals surface area contributed by atoms with Crippen molar-refractivity contribution in [2.45, 2.75) is 38.5 Å². The van der Waals surface area contributed by atoms with Crippen LogP contribution >= 0.6 is 15.9 Å². The van der Waals surface area contributed by atoms with E-state index in [-0.39, 0.29) is 5.41 Å². The van der Waals surface area contributed by atoms with Gasteiger partial charge in [-0.1, -0.05) is 48.0 Å². The molecule has 0 fully saturated rings. The van der Waals surface area contributed by atoms with Crippen LogP contribution in [-0.2, 0) is 18.3 Å². The van der Waals surface area contributed by atoms with E-state index in [0.29, 0.717) is 0 Å². The summed E-state index contributed by atoms with van der Waals surface area (Å²) in [5.41, 5.74) is 4.88. The molecule has 0 aliphatic heterocycles. The monoisotopic (exact) mass is 252 g/mol. The number of aryl methyl sites for hydroxylation is 2. The van der Waals surface area contributed by atoms with Crippen molar-refractivity contribution >= 4 is 15.9 Å². The molecule has 1 heteroatoms. The number of benzene rings is 1. The number of rotatable bonds is 2. The Labute approximate surface area is 94.8 Å². The van der Waals surface area contributed by atoms with E-state index in [2.05, 4.69) is 48.0 Å². The van der Waals surface area contributed by atoms with Crippen molar-refractivity contribution in [2.24, 2.45) is 0 Å². The van der Waals surface area contributed by atoms with Crippen molar-refractivity contribution in [2.75, 3.05) is 5.33 Å². The highest BCUT2D eigenvalue weighted by Crippen LogP contribution is 2.30. The molecule has 76 valence electrons. The first kappa shape index (κ1) is 10.2. The first-order valence-electron chi connectivity index (χ1n) is 5.32. The lowest BCUT2D eigenvalue weighted by Crippen LogP contribution is -2.18. The molecule has 0 spiro atoms. The van der Waals surface area contributed by atoms with Crippen LogP contribution in [0.4, 0.5) is 0 Å². The average molecular weight is 253 g/mol. The zero-order chi connectivity index (χ0) is 10.2. The van der Waals surface area contributed by atoms with Crippen LogP contribution in [0, 0.1) is 0 Å². The summed E-state index contributed by atoms with van der Waals surface area (Å²) in [6.45, 7) is 4.58. The topological polar surface area (TPSA) is 0 Å². The predicted molar refractivity (Wildman–Crippen MR) is 65.3 cm³/mol. The molecule has 1 aromatic carbocycles. The second kappa shape index (κ2) is 3.69. The quantitative estimate of drug-likeness (QED) is 0.702. The number of hydrogen-bond acceptors (Lipinski definition) is 0. The molecule has 0 N–H and O–H groups in total. The van der Waals surface area contributed by atoms with E-state index in [1.165, 1.54) is 24.8 Å². The molecule has 0 saturated carbocycles. The molecular formula is C13H17Br. The van der Waals surface area contributed by atoms with Gasteiger partial charge in [-0.3, -0.25) is 0 Å². The smallest absolute Gasteiger partial charge is 0.0123 e. The Balaban J connectivity index is 2.38. The van der Waals surface area contributed by atoms with Crippen LogP contribution in [0.1, 0.15) is 37.0 Å². The fourth-order valence-corrected chi connectivity index (χ4v) is 2.39. The van der Waals surface area contributed by atoms with Crippen molar-refractivity contribution in [1.82, 2.24) is 0 Å². The molecule has 1 aromatic rings. The van der Waals surface area contributed by atoms with Gasteiger partial charge in [0.15, 0.2) is 0 Å². The van der Waals surface area contributed by atoms with Gasteiger partial charge >= 0.3 is 0 Å². The Hall–Kier alpha value is -0.300. The third-order valence-electron chi connectivity index (χ3n) is 3.21. The lowest BCUT2D eigenvalue weighted by Gasteiger charge is -2.23. The molecule has 1 aliphatic rings. The highest BCUT2D eigenvalue weighted by atomic mass is 79.9. The van der Waals surface area contributed by atoms with E-state index in [4.69, 9.17) is 0 Å². The molecule has 0 heterocycles. The maximum absolute atomic E-state index is 3.59. The van der Waals surface area contributed by atoms with Gasteiger partial charge in [0.1, 0.15) is 0 Å². The molecule has 0 radical (unpaired) electrons. The molecule has 0 atom stereocenters. The van der Waals surface area contributed by atoms with Crippen LogP contribution in [0.2, 0.25) is 0 Å². The molecular weight excluding hydrogens is 236 g/mol. The number of hydrogen-bond donors (Lipinski definition) is 0. The van der Waals surface area contributed by atoms with Crippen LogP contribution in [0.5, 0.6) is 0 Å². The largest absolute Gasteiger partial charge is 0.0919 e. The molecule has 0 bridgehead atoms. The van der Waals surface area contributed by atoms with E-state index in [1.807, 2.05) is 0 Å². The van der Waals surface area contributed by atoms with Crippen molar-refractivity contribution in [3.8, 4) is 0 Å². The van der Waals surface area contributed by atoms with E-state index in [9.17, 15) is 0 Å². The fraction of sp³-hybridized carbons (Fsp3) is 0.538. The second-order valence-electron chi connectivity index (χ2n) is 4.85. The summed E-state index contributed by atoms with van der Waals surface area (Å²) in [6.07, 6.45) is 3.90. The van der Waals surface area contributed by atoms with Gasteiger partial charge in [0.2, 0.25) is 0 Å². The molecule has 1 aliphatic carbocycles. The highest BCUT2D eigenvalue weighted by molar-refractivity contribution is 9.09.